The van der Waals surface area contributed by atoms with Crippen molar-refractivity contribution in [3.8, 4) is 5.75 Å². The average molecular weight is 354 g/mol. The fraction of sp³-hybridized carbons (Fsp3) is 0.200. The van der Waals surface area contributed by atoms with Crippen LogP contribution in [-0.4, -0.2) is 11.1 Å². The predicted octanol–water partition coefficient (Wildman–Crippen LogP) is 4.57. The van der Waals surface area contributed by atoms with Gasteiger partial charge in [0.25, 0.3) is 5.91 Å². The molecule has 0 fully saturated rings. The summed E-state index contributed by atoms with van der Waals surface area (Å²) in [6.07, 6.45) is 0. The lowest BCUT2D eigenvalue weighted by atomic mass is 10.1. The normalized spacial score (nSPS) is 10.6. The molecule has 0 aliphatic rings. The fourth-order valence-electron chi connectivity index (χ4n) is 2.61. The van der Waals surface area contributed by atoms with Crippen LogP contribution in [0.3, 0.4) is 0 Å². The summed E-state index contributed by atoms with van der Waals surface area (Å²) in [5, 5.41) is 6.76. The second kappa shape index (κ2) is 7.39. The number of anilines is 1. The highest BCUT2D eigenvalue weighted by atomic mass is 19.1. The van der Waals surface area contributed by atoms with Crippen molar-refractivity contribution in [2.75, 3.05) is 5.32 Å². The first-order valence-electron chi connectivity index (χ1n) is 8.17. The molecule has 0 aliphatic heterocycles. The first kappa shape index (κ1) is 17.7. The third-order valence-electron chi connectivity index (χ3n) is 4.12. The van der Waals surface area contributed by atoms with Crippen molar-refractivity contribution in [2.45, 2.75) is 27.4 Å². The number of carbonyl (C=O) groups excluding carboxylic acids is 1. The molecule has 0 aliphatic carbocycles. The van der Waals surface area contributed by atoms with Crippen LogP contribution in [0.4, 0.5) is 10.1 Å². The van der Waals surface area contributed by atoms with E-state index in [0.717, 1.165) is 16.8 Å². The first-order chi connectivity index (χ1) is 12.5. The van der Waals surface area contributed by atoms with Gasteiger partial charge in [0.15, 0.2) is 5.69 Å². The quantitative estimate of drug-likeness (QED) is 0.729. The van der Waals surface area contributed by atoms with Gasteiger partial charge in [-0.1, -0.05) is 23.4 Å². The van der Waals surface area contributed by atoms with Gasteiger partial charge in [0.2, 0.25) is 0 Å². The van der Waals surface area contributed by atoms with Gasteiger partial charge in [0, 0.05) is 5.69 Å². The van der Waals surface area contributed by atoms with Gasteiger partial charge in [-0.3, -0.25) is 4.79 Å². The van der Waals surface area contributed by atoms with E-state index in [1.54, 1.807) is 6.92 Å². The van der Waals surface area contributed by atoms with Crippen LogP contribution in [0.2, 0.25) is 0 Å². The molecule has 6 heteroatoms. The average Bonchev–Trinajstić information content (AvgIpc) is 2.98. The Labute approximate surface area is 150 Å². The zero-order chi connectivity index (χ0) is 18.7. The van der Waals surface area contributed by atoms with Crippen molar-refractivity contribution >= 4 is 11.6 Å². The number of hydrogen-bond donors (Lipinski definition) is 1. The van der Waals surface area contributed by atoms with Gasteiger partial charge in [0.1, 0.15) is 23.9 Å². The Kier molecular flexibility index (Phi) is 5.02. The van der Waals surface area contributed by atoms with Gasteiger partial charge in [-0.2, -0.15) is 0 Å². The molecular formula is C20H19FN2O3. The van der Waals surface area contributed by atoms with E-state index in [0.29, 0.717) is 17.1 Å². The molecule has 0 saturated heterocycles. The number of amides is 1. The lowest BCUT2D eigenvalue weighted by Crippen LogP contribution is -2.16. The molecule has 26 heavy (non-hydrogen) atoms. The molecular weight excluding hydrogens is 335 g/mol. The Balaban J connectivity index is 1.78. The maximum absolute atomic E-state index is 13.0. The van der Waals surface area contributed by atoms with E-state index in [9.17, 15) is 9.18 Å². The van der Waals surface area contributed by atoms with Crippen LogP contribution in [-0.2, 0) is 6.61 Å². The SMILES string of the molecule is Cc1cccc(C)c1NC(=O)c1noc(C)c1COc1ccc(F)cc1. The number of benzene rings is 2. The number of carbonyl (C=O) groups is 1. The molecule has 0 unspecified atom stereocenters. The summed E-state index contributed by atoms with van der Waals surface area (Å²) in [6.45, 7) is 5.66. The maximum atomic E-state index is 13.0. The summed E-state index contributed by atoms with van der Waals surface area (Å²) in [6, 6.07) is 11.4. The van der Waals surface area contributed by atoms with Gasteiger partial charge < -0.3 is 14.6 Å². The minimum absolute atomic E-state index is 0.0937. The standard InChI is InChI=1S/C20H19FN2O3/c1-12-5-4-6-13(2)18(12)22-20(24)19-17(14(3)26-23-19)11-25-16-9-7-15(21)8-10-16/h4-10H,11H2,1-3H3,(H,22,24). The van der Waals surface area contributed by atoms with Crippen molar-refractivity contribution in [3.05, 3.63) is 76.4 Å². The van der Waals surface area contributed by atoms with Crippen molar-refractivity contribution in [3.63, 3.8) is 0 Å². The summed E-state index contributed by atoms with van der Waals surface area (Å²) in [4.78, 5) is 12.7. The molecule has 1 N–H and O–H groups in total. The number of aromatic nitrogens is 1. The van der Waals surface area contributed by atoms with Crippen molar-refractivity contribution in [2.24, 2.45) is 0 Å². The Morgan fingerprint density at radius 2 is 1.77 bits per heavy atom. The molecule has 1 amide bonds. The second-order valence-electron chi connectivity index (χ2n) is 6.03. The van der Waals surface area contributed by atoms with Crippen LogP contribution in [0.25, 0.3) is 0 Å². The monoisotopic (exact) mass is 354 g/mol. The molecule has 0 radical (unpaired) electrons. The lowest BCUT2D eigenvalue weighted by molar-refractivity contribution is 0.101. The van der Waals surface area contributed by atoms with Crippen molar-refractivity contribution in [1.82, 2.24) is 5.16 Å². The smallest absolute Gasteiger partial charge is 0.278 e. The number of aryl methyl sites for hydroxylation is 3. The van der Waals surface area contributed by atoms with Gasteiger partial charge in [0.05, 0.1) is 5.56 Å². The van der Waals surface area contributed by atoms with Crippen LogP contribution in [0.1, 0.15) is 32.9 Å². The number of hydrogen-bond acceptors (Lipinski definition) is 4. The Morgan fingerprint density at radius 3 is 2.42 bits per heavy atom. The molecule has 134 valence electrons. The van der Waals surface area contributed by atoms with E-state index in [2.05, 4.69) is 10.5 Å². The number of halogens is 1. The van der Waals surface area contributed by atoms with E-state index in [1.165, 1.54) is 24.3 Å². The van der Waals surface area contributed by atoms with Gasteiger partial charge in [-0.05, 0) is 56.2 Å². The van der Waals surface area contributed by atoms with E-state index in [-0.39, 0.29) is 24.0 Å². The zero-order valence-corrected chi connectivity index (χ0v) is 14.8. The Morgan fingerprint density at radius 1 is 1.12 bits per heavy atom. The largest absolute Gasteiger partial charge is 0.489 e. The van der Waals surface area contributed by atoms with Crippen molar-refractivity contribution in [1.29, 1.82) is 0 Å². The van der Waals surface area contributed by atoms with Crippen LogP contribution < -0.4 is 10.1 Å². The van der Waals surface area contributed by atoms with Crippen LogP contribution in [0.15, 0.2) is 47.0 Å². The summed E-state index contributed by atoms with van der Waals surface area (Å²) in [5.74, 6) is 0.288. The highest BCUT2D eigenvalue weighted by Crippen LogP contribution is 2.23. The van der Waals surface area contributed by atoms with Gasteiger partial charge >= 0.3 is 0 Å². The number of ether oxygens (including phenoxy) is 1. The number of para-hydroxylation sites is 1. The summed E-state index contributed by atoms with van der Waals surface area (Å²) < 4.78 is 23.8. The number of rotatable bonds is 5. The van der Waals surface area contributed by atoms with Crippen LogP contribution in [0, 0.1) is 26.6 Å². The molecule has 1 aromatic heterocycles. The molecule has 3 aromatic rings. The minimum atomic E-state index is -0.364. The minimum Gasteiger partial charge on any atom is -0.489 e. The molecule has 3 rings (SSSR count). The summed E-state index contributed by atoms with van der Waals surface area (Å²) in [5.41, 5.74) is 3.40. The molecule has 0 spiro atoms. The van der Waals surface area contributed by atoms with E-state index >= 15 is 0 Å². The topological polar surface area (TPSA) is 64.4 Å². The summed E-state index contributed by atoms with van der Waals surface area (Å²) >= 11 is 0. The van der Waals surface area contributed by atoms with E-state index in [4.69, 9.17) is 9.26 Å². The third-order valence-corrected chi connectivity index (χ3v) is 4.12. The van der Waals surface area contributed by atoms with Crippen LogP contribution >= 0.6 is 0 Å². The predicted molar refractivity (Wildman–Crippen MR) is 95.8 cm³/mol. The van der Waals surface area contributed by atoms with Crippen LogP contribution in [0.5, 0.6) is 5.75 Å². The summed E-state index contributed by atoms with van der Waals surface area (Å²) in [7, 11) is 0. The lowest BCUT2D eigenvalue weighted by Gasteiger charge is -2.11. The molecule has 2 aromatic carbocycles. The number of nitrogens with one attached hydrogen (secondary N) is 1. The maximum Gasteiger partial charge on any atom is 0.278 e. The third kappa shape index (κ3) is 3.74. The second-order valence-corrected chi connectivity index (χ2v) is 6.03. The highest BCUT2D eigenvalue weighted by molar-refractivity contribution is 6.04. The zero-order valence-electron chi connectivity index (χ0n) is 14.8. The molecule has 0 saturated carbocycles. The molecule has 0 bridgehead atoms. The van der Waals surface area contributed by atoms with Gasteiger partial charge in [-0.25, -0.2) is 4.39 Å². The van der Waals surface area contributed by atoms with E-state index in [1.807, 2.05) is 32.0 Å². The Hall–Kier alpha value is -3.15. The highest BCUT2D eigenvalue weighted by Gasteiger charge is 2.21. The van der Waals surface area contributed by atoms with Gasteiger partial charge in [-0.15, -0.1) is 0 Å². The first-order valence-corrected chi connectivity index (χ1v) is 8.17. The molecule has 0 atom stereocenters. The Bertz CT molecular complexity index is 912. The van der Waals surface area contributed by atoms with Crippen molar-refractivity contribution < 1.29 is 18.4 Å². The van der Waals surface area contributed by atoms with E-state index < -0.39 is 0 Å². The molecule has 5 nitrogen and oxygen atoms in total. The molecule has 1 heterocycles. The fourth-order valence-corrected chi connectivity index (χ4v) is 2.61. The number of nitrogens with zero attached hydrogens (tertiary/aromatic N) is 1.